The summed E-state index contributed by atoms with van der Waals surface area (Å²) in [5, 5.41) is 7.27. The molecule has 0 spiro atoms. The SMILES string of the molecule is CC(C)NCc1cc(CN2CCS(=O)(=O)CC2)on1. The van der Waals surface area contributed by atoms with Gasteiger partial charge in [0, 0.05) is 31.7 Å². The van der Waals surface area contributed by atoms with Crippen molar-refractivity contribution in [2.24, 2.45) is 0 Å². The van der Waals surface area contributed by atoms with E-state index in [1.165, 1.54) is 0 Å². The molecule has 0 bridgehead atoms. The summed E-state index contributed by atoms with van der Waals surface area (Å²) in [7, 11) is -2.82. The largest absolute Gasteiger partial charge is 0.360 e. The van der Waals surface area contributed by atoms with Gasteiger partial charge in [0.15, 0.2) is 15.6 Å². The van der Waals surface area contributed by atoms with E-state index in [1.54, 1.807) is 0 Å². The van der Waals surface area contributed by atoms with Crippen molar-refractivity contribution < 1.29 is 12.9 Å². The number of aromatic nitrogens is 1. The van der Waals surface area contributed by atoms with Crippen molar-refractivity contribution in [3.63, 3.8) is 0 Å². The normalized spacial score (nSPS) is 19.9. The lowest BCUT2D eigenvalue weighted by atomic mass is 10.3. The molecule has 0 radical (unpaired) electrons. The molecule has 1 aliphatic rings. The highest BCUT2D eigenvalue weighted by Gasteiger charge is 2.22. The number of hydrogen-bond donors (Lipinski definition) is 1. The van der Waals surface area contributed by atoms with Gasteiger partial charge in [-0.25, -0.2) is 8.42 Å². The van der Waals surface area contributed by atoms with Crippen LogP contribution in [0.15, 0.2) is 10.6 Å². The molecule has 0 unspecified atom stereocenters. The number of sulfone groups is 1. The smallest absolute Gasteiger partial charge is 0.152 e. The summed E-state index contributed by atoms with van der Waals surface area (Å²) in [5.41, 5.74) is 0.883. The first-order valence-corrected chi connectivity index (χ1v) is 8.37. The molecule has 0 amide bonds. The van der Waals surface area contributed by atoms with Crippen LogP contribution in [0.4, 0.5) is 0 Å². The third-order valence-electron chi connectivity index (χ3n) is 3.12. The van der Waals surface area contributed by atoms with Gasteiger partial charge < -0.3 is 9.84 Å². The molecule has 19 heavy (non-hydrogen) atoms. The molecule has 0 aliphatic carbocycles. The van der Waals surface area contributed by atoms with Crippen LogP contribution in [0.3, 0.4) is 0 Å². The molecule has 1 aliphatic heterocycles. The highest BCUT2D eigenvalue weighted by atomic mass is 32.2. The predicted molar refractivity (Wildman–Crippen MR) is 72.4 cm³/mol. The fraction of sp³-hybridized carbons (Fsp3) is 0.750. The first-order chi connectivity index (χ1) is 8.94. The Balaban J connectivity index is 1.83. The van der Waals surface area contributed by atoms with Gasteiger partial charge in [0.2, 0.25) is 0 Å². The Labute approximate surface area is 114 Å². The van der Waals surface area contributed by atoms with Crippen LogP contribution in [0.2, 0.25) is 0 Å². The van der Waals surface area contributed by atoms with E-state index in [-0.39, 0.29) is 11.5 Å². The average Bonchev–Trinajstić information content (AvgIpc) is 2.77. The van der Waals surface area contributed by atoms with Crippen molar-refractivity contribution in [2.45, 2.75) is 33.0 Å². The van der Waals surface area contributed by atoms with Crippen molar-refractivity contribution >= 4 is 9.84 Å². The molecule has 6 nitrogen and oxygen atoms in total. The molecule has 0 atom stereocenters. The second kappa shape index (κ2) is 6.02. The summed E-state index contributed by atoms with van der Waals surface area (Å²) < 4.78 is 27.9. The summed E-state index contributed by atoms with van der Waals surface area (Å²) in [6, 6.07) is 2.34. The summed E-state index contributed by atoms with van der Waals surface area (Å²) in [5.74, 6) is 1.27. The second-order valence-corrected chi connectivity index (χ2v) is 7.55. The highest BCUT2D eigenvalue weighted by molar-refractivity contribution is 7.91. The van der Waals surface area contributed by atoms with Crippen molar-refractivity contribution in [1.82, 2.24) is 15.4 Å². The maximum Gasteiger partial charge on any atom is 0.152 e. The first-order valence-electron chi connectivity index (χ1n) is 6.55. The number of nitrogens with one attached hydrogen (secondary N) is 1. The molecule has 0 saturated carbocycles. The summed E-state index contributed by atoms with van der Waals surface area (Å²) in [4.78, 5) is 2.08. The third kappa shape index (κ3) is 4.59. The summed E-state index contributed by atoms with van der Waals surface area (Å²) >= 11 is 0. The Morgan fingerprint density at radius 3 is 2.74 bits per heavy atom. The topological polar surface area (TPSA) is 75.4 Å². The fourth-order valence-electron chi connectivity index (χ4n) is 1.95. The quantitative estimate of drug-likeness (QED) is 0.845. The van der Waals surface area contributed by atoms with E-state index in [0.717, 1.165) is 11.5 Å². The van der Waals surface area contributed by atoms with Gasteiger partial charge in [-0.2, -0.15) is 0 Å². The van der Waals surface area contributed by atoms with Crippen molar-refractivity contribution in [2.75, 3.05) is 24.6 Å². The van der Waals surface area contributed by atoms with Gasteiger partial charge in [-0.05, 0) is 0 Å². The Morgan fingerprint density at radius 2 is 2.11 bits per heavy atom. The van der Waals surface area contributed by atoms with Gasteiger partial charge in [0.1, 0.15) is 0 Å². The standard InChI is InChI=1S/C12H21N3O3S/c1-10(2)13-8-11-7-12(18-14-11)9-15-3-5-19(16,17)6-4-15/h7,10,13H,3-6,8-9H2,1-2H3. The van der Waals surface area contributed by atoms with E-state index in [1.807, 2.05) is 6.07 Å². The van der Waals surface area contributed by atoms with Crippen LogP contribution < -0.4 is 5.32 Å². The summed E-state index contributed by atoms with van der Waals surface area (Å²) in [6.45, 7) is 6.62. The monoisotopic (exact) mass is 287 g/mol. The molecule has 108 valence electrons. The molecule has 1 saturated heterocycles. The van der Waals surface area contributed by atoms with E-state index in [2.05, 4.69) is 29.2 Å². The maximum absolute atomic E-state index is 11.3. The average molecular weight is 287 g/mol. The molecule has 2 rings (SSSR count). The van der Waals surface area contributed by atoms with E-state index in [9.17, 15) is 8.42 Å². The lowest BCUT2D eigenvalue weighted by Crippen LogP contribution is -2.39. The molecule has 2 heterocycles. The molecule has 0 aromatic carbocycles. The van der Waals surface area contributed by atoms with Gasteiger partial charge in [-0.1, -0.05) is 19.0 Å². The molecule has 7 heteroatoms. The fourth-order valence-corrected chi connectivity index (χ4v) is 3.23. The molecule has 1 fully saturated rings. The Morgan fingerprint density at radius 1 is 1.42 bits per heavy atom. The summed E-state index contributed by atoms with van der Waals surface area (Å²) in [6.07, 6.45) is 0. The third-order valence-corrected chi connectivity index (χ3v) is 4.72. The second-order valence-electron chi connectivity index (χ2n) is 5.25. The van der Waals surface area contributed by atoms with Crippen molar-refractivity contribution in [1.29, 1.82) is 0 Å². The van der Waals surface area contributed by atoms with Crippen LogP contribution in [-0.2, 0) is 22.9 Å². The maximum atomic E-state index is 11.3. The highest BCUT2D eigenvalue weighted by Crippen LogP contribution is 2.11. The molecule has 1 aromatic rings. The van der Waals surface area contributed by atoms with Crippen LogP contribution in [0, 0.1) is 0 Å². The van der Waals surface area contributed by atoms with Crippen LogP contribution in [0.25, 0.3) is 0 Å². The Bertz CT molecular complexity index is 496. The van der Waals surface area contributed by atoms with Gasteiger partial charge in [-0.3, -0.25) is 4.90 Å². The number of nitrogens with zero attached hydrogens (tertiary/aromatic N) is 2. The van der Waals surface area contributed by atoms with E-state index < -0.39 is 9.84 Å². The van der Waals surface area contributed by atoms with Crippen molar-refractivity contribution in [3.8, 4) is 0 Å². The molecule has 1 aromatic heterocycles. The molecular formula is C12H21N3O3S. The first kappa shape index (κ1) is 14.5. The van der Waals surface area contributed by atoms with Gasteiger partial charge >= 0.3 is 0 Å². The Hall–Kier alpha value is -0.920. The van der Waals surface area contributed by atoms with Crippen LogP contribution in [-0.4, -0.2) is 49.1 Å². The number of hydrogen-bond acceptors (Lipinski definition) is 6. The van der Waals surface area contributed by atoms with E-state index in [0.29, 0.717) is 32.2 Å². The van der Waals surface area contributed by atoms with Crippen LogP contribution >= 0.6 is 0 Å². The minimum absolute atomic E-state index is 0.239. The zero-order valence-electron chi connectivity index (χ0n) is 11.4. The van der Waals surface area contributed by atoms with Gasteiger partial charge in [0.05, 0.1) is 23.7 Å². The van der Waals surface area contributed by atoms with Crippen LogP contribution in [0.1, 0.15) is 25.3 Å². The van der Waals surface area contributed by atoms with Gasteiger partial charge in [0.25, 0.3) is 0 Å². The molecule has 1 N–H and O–H groups in total. The van der Waals surface area contributed by atoms with E-state index in [4.69, 9.17) is 4.52 Å². The minimum atomic E-state index is -2.82. The zero-order chi connectivity index (χ0) is 13.9. The molecular weight excluding hydrogens is 266 g/mol. The minimum Gasteiger partial charge on any atom is -0.360 e. The predicted octanol–water partition coefficient (Wildman–Crippen LogP) is 0.403. The lowest BCUT2D eigenvalue weighted by Gasteiger charge is -2.25. The van der Waals surface area contributed by atoms with Gasteiger partial charge in [-0.15, -0.1) is 0 Å². The zero-order valence-corrected chi connectivity index (χ0v) is 12.2. The lowest BCUT2D eigenvalue weighted by molar-refractivity contribution is 0.246. The van der Waals surface area contributed by atoms with E-state index >= 15 is 0 Å². The Kier molecular flexibility index (Phi) is 4.59. The van der Waals surface area contributed by atoms with Crippen LogP contribution in [0.5, 0.6) is 0 Å². The number of rotatable bonds is 5. The van der Waals surface area contributed by atoms with Crippen molar-refractivity contribution in [3.05, 3.63) is 17.5 Å².